The lowest BCUT2D eigenvalue weighted by atomic mass is 9.97. The van der Waals surface area contributed by atoms with Crippen molar-refractivity contribution in [3.63, 3.8) is 0 Å². The van der Waals surface area contributed by atoms with E-state index in [1.54, 1.807) is 11.1 Å². The Bertz CT molecular complexity index is 1090. The molecule has 1 aromatic carbocycles. The van der Waals surface area contributed by atoms with Gasteiger partial charge in [0.05, 0.1) is 11.9 Å². The monoisotopic (exact) mass is 547 g/mol. The van der Waals surface area contributed by atoms with Gasteiger partial charge in [-0.3, -0.25) is 14.3 Å². The molecule has 0 radical (unpaired) electrons. The van der Waals surface area contributed by atoms with Crippen LogP contribution in [0.25, 0.3) is 11.1 Å². The van der Waals surface area contributed by atoms with Gasteiger partial charge in [-0.2, -0.15) is 8.42 Å². The van der Waals surface area contributed by atoms with Crippen LogP contribution < -0.4 is 15.0 Å². The summed E-state index contributed by atoms with van der Waals surface area (Å²) in [4.78, 5) is 18.0. The quantitative estimate of drug-likeness (QED) is 0.219. The van der Waals surface area contributed by atoms with E-state index in [9.17, 15) is 13.2 Å². The molecule has 1 amide bonds. The standard InChI is InChI=1S/C27H39N3O2.C2H6O3S/c1-3-4-5-6-7-8-9-10-15-28-16-17-32-25-19-24(20-29-21-25)22-11-13-26-23(18-22)12-14-27(31)30(26)2;1-2-6(3,4)5/h11,13,18-21,28H,3-10,12,14-17H2,1-2H3;2H2,1H3,(H,3,4,5). The first-order valence-corrected chi connectivity index (χ1v) is 15.5. The number of carbonyl (C=O) groups is 1. The number of nitrogens with one attached hydrogen (secondary N) is 1. The van der Waals surface area contributed by atoms with E-state index in [4.69, 9.17) is 9.29 Å². The van der Waals surface area contributed by atoms with Crippen molar-refractivity contribution in [3.8, 4) is 16.9 Å². The first-order chi connectivity index (χ1) is 18.2. The molecule has 0 saturated carbocycles. The fourth-order valence-corrected chi connectivity index (χ4v) is 4.24. The lowest BCUT2D eigenvalue weighted by molar-refractivity contribution is -0.118. The Balaban J connectivity index is 0.000000757. The fourth-order valence-electron chi connectivity index (χ4n) is 4.24. The van der Waals surface area contributed by atoms with Crippen LogP contribution in [-0.4, -0.2) is 56.4 Å². The van der Waals surface area contributed by atoms with Crippen LogP contribution in [0.4, 0.5) is 5.69 Å². The van der Waals surface area contributed by atoms with Crippen molar-refractivity contribution >= 4 is 21.7 Å². The Morgan fingerprint density at radius 2 is 1.63 bits per heavy atom. The molecule has 9 heteroatoms. The number of carbonyl (C=O) groups excluding carboxylic acids is 1. The van der Waals surface area contributed by atoms with Gasteiger partial charge in [-0.25, -0.2) is 0 Å². The number of ether oxygens (including phenoxy) is 1. The molecule has 1 aliphatic heterocycles. The molecule has 0 saturated heterocycles. The minimum absolute atomic E-state index is 0.179. The van der Waals surface area contributed by atoms with Gasteiger partial charge in [-0.15, -0.1) is 0 Å². The molecular weight excluding hydrogens is 502 g/mol. The van der Waals surface area contributed by atoms with Gasteiger partial charge in [-0.1, -0.05) is 57.9 Å². The molecule has 212 valence electrons. The highest BCUT2D eigenvalue weighted by molar-refractivity contribution is 7.85. The van der Waals surface area contributed by atoms with E-state index in [2.05, 4.69) is 29.4 Å². The average molecular weight is 548 g/mol. The molecule has 1 aliphatic rings. The summed E-state index contributed by atoms with van der Waals surface area (Å²) in [5, 5.41) is 3.48. The molecule has 0 fully saturated rings. The summed E-state index contributed by atoms with van der Waals surface area (Å²) in [6.45, 7) is 6.18. The zero-order valence-corrected chi connectivity index (χ0v) is 24.1. The molecule has 0 atom stereocenters. The number of hydrogen-bond donors (Lipinski definition) is 2. The number of anilines is 1. The molecule has 0 unspecified atom stereocenters. The van der Waals surface area contributed by atoms with Gasteiger partial charge < -0.3 is 15.0 Å². The highest BCUT2D eigenvalue weighted by atomic mass is 32.2. The van der Waals surface area contributed by atoms with Gasteiger partial charge in [-0.05, 0) is 55.6 Å². The highest BCUT2D eigenvalue weighted by Crippen LogP contribution is 2.32. The number of nitrogens with zero attached hydrogens (tertiary/aromatic N) is 2. The van der Waals surface area contributed by atoms with E-state index < -0.39 is 10.1 Å². The number of fused-ring (bicyclic) bond motifs is 1. The minimum Gasteiger partial charge on any atom is -0.491 e. The molecule has 2 heterocycles. The third kappa shape index (κ3) is 11.9. The second-order valence-corrected chi connectivity index (χ2v) is 11.4. The van der Waals surface area contributed by atoms with E-state index in [1.165, 1.54) is 63.9 Å². The lowest BCUT2D eigenvalue weighted by Crippen LogP contribution is -2.30. The number of aryl methyl sites for hydroxylation is 1. The topological polar surface area (TPSA) is 109 Å². The van der Waals surface area contributed by atoms with Gasteiger partial charge in [0, 0.05) is 37.5 Å². The molecule has 38 heavy (non-hydrogen) atoms. The van der Waals surface area contributed by atoms with Gasteiger partial charge >= 0.3 is 0 Å². The van der Waals surface area contributed by atoms with Crippen LogP contribution in [0.2, 0.25) is 0 Å². The van der Waals surface area contributed by atoms with Gasteiger partial charge in [0.25, 0.3) is 10.1 Å². The Labute approximate surface area is 228 Å². The number of benzene rings is 1. The number of pyridine rings is 1. The van der Waals surface area contributed by atoms with Gasteiger partial charge in [0.1, 0.15) is 12.4 Å². The van der Waals surface area contributed by atoms with Crippen molar-refractivity contribution in [1.29, 1.82) is 0 Å². The summed E-state index contributed by atoms with van der Waals surface area (Å²) >= 11 is 0. The van der Waals surface area contributed by atoms with Crippen molar-refractivity contribution in [1.82, 2.24) is 10.3 Å². The number of hydrogen-bond acceptors (Lipinski definition) is 6. The SMILES string of the molecule is CCCCCCCCCCNCCOc1cncc(-c2ccc3c(c2)CCC(=O)N3C)c1.CCS(=O)(=O)O. The summed E-state index contributed by atoms with van der Waals surface area (Å²) in [5.41, 5.74) is 4.36. The van der Waals surface area contributed by atoms with Crippen molar-refractivity contribution in [3.05, 3.63) is 42.2 Å². The van der Waals surface area contributed by atoms with Crippen LogP contribution in [0.15, 0.2) is 36.7 Å². The van der Waals surface area contributed by atoms with Crippen molar-refractivity contribution < 1.29 is 22.5 Å². The fraction of sp³-hybridized carbons (Fsp3) is 0.586. The summed E-state index contributed by atoms with van der Waals surface area (Å²) in [6, 6.07) is 8.31. The maximum absolute atomic E-state index is 11.9. The number of aromatic nitrogens is 1. The van der Waals surface area contributed by atoms with Crippen LogP contribution in [0.3, 0.4) is 0 Å². The normalized spacial score (nSPS) is 13.1. The summed E-state index contributed by atoms with van der Waals surface area (Å²) in [6.07, 6.45) is 15.8. The maximum Gasteiger partial charge on any atom is 0.264 e. The third-order valence-corrected chi connectivity index (χ3v) is 7.32. The minimum atomic E-state index is -3.66. The third-order valence-electron chi connectivity index (χ3n) is 6.59. The second-order valence-electron chi connectivity index (χ2n) is 9.65. The molecule has 1 aromatic heterocycles. The molecule has 0 bridgehead atoms. The summed E-state index contributed by atoms with van der Waals surface area (Å²) in [7, 11) is -1.82. The Morgan fingerprint density at radius 3 is 2.32 bits per heavy atom. The highest BCUT2D eigenvalue weighted by Gasteiger charge is 2.21. The average Bonchev–Trinajstić information content (AvgIpc) is 2.91. The van der Waals surface area contributed by atoms with Crippen molar-refractivity contribution in [2.45, 2.75) is 78.1 Å². The van der Waals surface area contributed by atoms with Gasteiger partial charge in [0.15, 0.2) is 0 Å². The smallest absolute Gasteiger partial charge is 0.264 e. The van der Waals surface area contributed by atoms with Crippen LogP contribution in [0, 0.1) is 0 Å². The van der Waals surface area contributed by atoms with E-state index >= 15 is 0 Å². The number of rotatable bonds is 15. The Kier molecular flexibility index (Phi) is 14.3. The predicted octanol–water partition coefficient (Wildman–Crippen LogP) is 5.66. The maximum atomic E-state index is 11.9. The van der Waals surface area contributed by atoms with Crippen LogP contribution >= 0.6 is 0 Å². The summed E-state index contributed by atoms with van der Waals surface area (Å²) in [5.74, 6) is 0.771. The zero-order valence-electron chi connectivity index (χ0n) is 23.2. The van der Waals surface area contributed by atoms with Crippen LogP contribution in [-0.2, 0) is 21.3 Å². The molecule has 2 N–H and O–H groups in total. The lowest BCUT2D eigenvalue weighted by Gasteiger charge is -2.26. The van der Waals surface area contributed by atoms with Crippen LogP contribution in [0.1, 0.15) is 77.2 Å². The molecule has 2 aromatic rings. The van der Waals surface area contributed by atoms with E-state index in [0.29, 0.717) is 13.0 Å². The Hall–Kier alpha value is -2.49. The number of unbranched alkanes of at least 4 members (excludes halogenated alkanes) is 7. The zero-order chi connectivity index (χ0) is 27.8. The summed E-state index contributed by atoms with van der Waals surface area (Å²) < 4.78 is 32.8. The first-order valence-electron chi connectivity index (χ1n) is 13.9. The van der Waals surface area contributed by atoms with E-state index in [0.717, 1.165) is 42.1 Å². The molecular formula is C29H45N3O5S. The Morgan fingerprint density at radius 1 is 0.947 bits per heavy atom. The van der Waals surface area contributed by atoms with Gasteiger partial charge in [0.2, 0.25) is 5.91 Å². The van der Waals surface area contributed by atoms with Crippen LogP contribution in [0.5, 0.6) is 5.75 Å². The second kappa shape index (κ2) is 17.2. The van der Waals surface area contributed by atoms with E-state index in [1.807, 2.05) is 25.4 Å². The molecule has 3 rings (SSSR count). The predicted molar refractivity (Wildman–Crippen MR) is 154 cm³/mol. The first kappa shape index (κ1) is 31.7. The molecule has 0 spiro atoms. The number of amides is 1. The largest absolute Gasteiger partial charge is 0.491 e. The molecule has 8 nitrogen and oxygen atoms in total. The molecule has 0 aliphatic carbocycles. The van der Waals surface area contributed by atoms with Crippen molar-refractivity contribution in [2.75, 3.05) is 37.4 Å². The van der Waals surface area contributed by atoms with Crippen molar-refractivity contribution in [2.24, 2.45) is 0 Å². The van der Waals surface area contributed by atoms with E-state index in [-0.39, 0.29) is 11.7 Å².